The first-order valence-electron chi connectivity index (χ1n) is 5.80. The molecule has 1 heterocycles. The number of rotatable bonds is 4. The summed E-state index contributed by atoms with van der Waals surface area (Å²) in [6.45, 7) is 5.45. The van der Waals surface area contributed by atoms with E-state index in [9.17, 15) is 0 Å². The Hall–Kier alpha value is -1.22. The third-order valence-electron chi connectivity index (χ3n) is 3.06. The van der Waals surface area contributed by atoms with Crippen molar-refractivity contribution in [1.29, 1.82) is 0 Å². The average Bonchev–Trinajstić information content (AvgIpc) is 2.65. The highest BCUT2D eigenvalue weighted by molar-refractivity contribution is 5.48. The van der Waals surface area contributed by atoms with Crippen molar-refractivity contribution in [3.05, 3.63) is 23.3 Å². The molecule has 0 fully saturated rings. The van der Waals surface area contributed by atoms with Crippen LogP contribution in [0, 0.1) is 12.8 Å². The summed E-state index contributed by atoms with van der Waals surface area (Å²) in [4.78, 5) is 0. The third kappa shape index (κ3) is 2.30. The number of benzene rings is 1. The number of hydrogen-bond donors (Lipinski definition) is 1. The van der Waals surface area contributed by atoms with Crippen LogP contribution in [0.2, 0.25) is 0 Å². The predicted molar refractivity (Wildman–Crippen MR) is 63.8 cm³/mol. The monoisotopic (exact) mass is 221 g/mol. The summed E-state index contributed by atoms with van der Waals surface area (Å²) in [5, 5.41) is 0. The lowest BCUT2D eigenvalue weighted by Gasteiger charge is -2.12. The Labute approximate surface area is 96.5 Å². The number of ether oxygens (including phenoxy) is 2. The molecule has 0 radical (unpaired) electrons. The van der Waals surface area contributed by atoms with Gasteiger partial charge < -0.3 is 15.2 Å². The molecule has 16 heavy (non-hydrogen) atoms. The zero-order chi connectivity index (χ0) is 11.5. The molecule has 0 saturated carbocycles. The van der Waals surface area contributed by atoms with Gasteiger partial charge in [-0.25, -0.2) is 0 Å². The van der Waals surface area contributed by atoms with Crippen LogP contribution in [0.4, 0.5) is 0 Å². The smallest absolute Gasteiger partial charge is 0.231 e. The van der Waals surface area contributed by atoms with E-state index in [-0.39, 0.29) is 0 Å². The Bertz CT molecular complexity index is 376. The van der Waals surface area contributed by atoms with Crippen LogP contribution >= 0.6 is 0 Å². The summed E-state index contributed by atoms with van der Waals surface area (Å²) in [6.07, 6.45) is 2.12. The number of fused-ring (bicyclic) bond motifs is 1. The van der Waals surface area contributed by atoms with Crippen LogP contribution < -0.4 is 15.2 Å². The molecule has 0 saturated heterocycles. The Morgan fingerprint density at radius 1 is 1.31 bits per heavy atom. The molecule has 1 aromatic rings. The van der Waals surface area contributed by atoms with Crippen molar-refractivity contribution in [2.24, 2.45) is 11.7 Å². The summed E-state index contributed by atoms with van der Waals surface area (Å²) in [6, 6.07) is 4.16. The Balaban J connectivity index is 2.15. The highest BCUT2D eigenvalue weighted by atomic mass is 16.7. The van der Waals surface area contributed by atoms with Crippen molar-refractivity contribution in [2.75, 3.05) is 13.3 Å². The summed E-state index contributed by atoms with van der Waals surface area (Å²) in [5.41, 5.74) is 8.18. The van der Waals surface area contributed by atoms with Gasteiger partial charge in [-0.3, -0.25) is 0 Å². The second-order valence-electron chi connectivity index (χ2n) is 4.52. The standard InChI is InChI=1S/C13H19NO2/c1-9(3-4-14)5-11-7-13-12(6-10(11)2)15-8-16-13/h6-7,9H,3-5,8,14H2,1-2H3. The fourth-order valence-corrected chi connectivity index (χ4v) is 2.07. The molecule has 0 aliphatic carbocycles. The fraction of sp³-hybridized carbons (Fsp3) is 0.538. The van der Waals surface area contributed by atoms with Crippen molar-refractivity contribution >= 4 is 0 Å². The van der Waals surface area contributed by atoms with Gasteiger partial charge in [-0.15, -0.1) is 0 Å². The summed E-state index contributed by atoms with van der Waals surface area (Å²) in [7, 11) is 0. The Morgan fingerprint density at radius 2 is 2.00 bits per heavy atom. The van der Waals surface area contributed by atoms with Crippen LogP contribution in [0.5, 0.6) is 11.5 Å². The Kier molecular flexibility index (Phi) is 3.34. The molecule has 1 atom stereocenters. The van der Waals surface area contributed by atoms with E-state index >= 15 is 0 Å². The summed E-state index contributed by atoms with van der Waals surface area (Å²) >= 11 is 0. The maximum absolute atomic E-state index is 5.57. The van der Waals surface area contributed by atoms with Crippen molar-refractivity contribution < 1.29 is 9.47 Å². The normalized spacial score (nSPS) is 15.2. The minimum atomic E-state index is 0.344. The van der Waals surface area contributed by atoms with Gasteiger partial charge in [0.05, 0.1) is 0 Å². The van der Waals surface area contributed by atoms with Crippen LogP contribution in [0.25, 0.3) is 0 Å². The maximum atomic E-state index is 5.57. The molecule has 0 amide bonds. The predicted octanol–water partition coefficient (Wildman–Crippen LogP) is 2.25. The largest absolute Gasteiger partial charge is 0.454 e. The van der Waals surface area contributed by atoms with Gasteiger partial charge in [0, 0.05) is 0 Å². The minimum absolute atomic E-state index is 0.344. The van der Waals surface area contributed by atoms with E-state index in [2.05, 4.69) is 26.0 Å². The lowest BCUT2D eigenvalue weighted by Crippen LogP contribution is -2.08. The first-order chi connectivity index (χ1) is 7.70. The number of hydrogen-bond acceptors (Lipinski definition) is 3. The molecule has 2 rings (SSSR count). The van der Waals surface area contributed by atoms with Gasteiger partial charge in [0.25, 0.3) is 0 Å². The zero-order valence-electron chi connectivity index (χ0n) is 9.95. The van der Waals surface area contributed by atoms with Gasteiger partial charge in [0.15, 0.2) is 11.5 Å². The average molecular weight is 221 g/mol. The number of aryl methyl sites for hydroxylation is 1. The molecule has 3 nitrogen and oxygen atoms in total. The topological polar surface area (TPSA) is 44.5 Å². The maximum Gasteiger partial charge on any atom is 0.231 e. The quantitative estimate of drug-likeness (QED) is 0.848. The van der Waals surface area contributed by atoms with Crippen LogP contribution in [0.1, 0.15) is 24.5 Å². The first kappa shape index (κ1) is 11.3. The lowest BCUT2D eigenvalue weighted by molar-refractivity contribution is 0.174. The zero-order valence-corrected chi connectivity index (χ0v) is 9.95. The van der Waals surface area contributed by atoms with E-state index in [1.807, 2.05) is 0 Å². The van der Waals surface area contributed by atoms with Gasteiger partial charge in [-0.1, -0.05) is 6.92 Å². The second kappa shape index (κ2) is 4.74. The van der Waals surface area contributed by atoms with Crippen LogP contribution in [0.15, 0.2) is 12.1 Å². The SMILES string of the molecule is Cc1cc2c(cc1CC(C)CCN)OCO2. The summed E-state index contributed by atoms with van der Waals surface area (Å²) < 4.78 is 10.7. The van der Waals surface area contributed by atoms with Gasteiger partial charge >= 0.3 is 0 Å². The molecular formula is C13H19NO2. The molecule has 0 bridgehead atoms. The van der Waals surface area contributed by atoms with Gasteiger partial charge in [-0.05, 0) is 55.5 Å². The van der Waals surface area contributed by atoms with E-state index in [1.54, 1.807) is 0 Å². The van der Waals surface area contributed by atoms with Gasteiger partial charge in [0.2, 0.25) is 6.79 Å². The molecule has 1 unspecified atom stereocenters. The molecule has 1 aliphatic rings. The van der Waals surface area contributed by atoms with E-state index < -0.39 is 0 Å². The highest BCUT2D eigenvalue weighted by Crippen LogP contribution is 2.35. The van der Waals surface area contributed by atoms with Crippen molar-refractivity contribution in [2.45, 2.75) is 26.7 Å². The van der Waals surface area contributed by atoms with Crippen molar-refractivity contribution in [3.8, 4) is 11.5 Å². The van der Waals surface area contributed by atoms with Crippen LogP contribution in [-0.4, -0.2) is 13.3 Å². The lowest BCUT2D eigenvalue weighted by atomic mass is 9.95. The molecular weight excluding hydrogens is 202 g/mol. The van der Waals surface area contributed by atoms with E-state index in [1.165, 1.54) is 11.1 Å². The van der Waals surface area contributed by atoms with E-state index in [0.717, 1.165) is 30.9 Å². The van der Waals surface area contributed by atoms with E-state index in [0.29, 0.717) is 12.7 Å². The van der Waals surface area contributed by atoms with Crippen LogP contribution in [0.3, 0.4) is 0 Å². The minimum Gasteiger partial charge on any atom is -0.454 e. The van der Waals surface area contributed by atoms with Crippen molar-refractivity contribution in [1.82, 2.24) is 0 Å². The molecule has 1 aromatic carbocycles. The molecule has 1 aliphatic heterocycles. The molecule has 0 aromatic heterocycles. The van der Waals surface area contributed by atoms with Crippen LogP contribution in [-0.2, 0) is 6.42 Å². The van der Waals surface area contributed by atoms with E-state index in [4.69, 9.17) is 15.2 Å². The molecule has 0 spiro atoms. The summed E-state index contributed by atoms with van der Waals surface area (Å²) in [5.74, 6) is 2.36. The highest BCUT2D eigenvalue weighted by Gasteiger charge is 2.16. The molecule has 3 heteroatoms. The second-order valence-corrected chi connectivity index (χ2v) is 4.52. The Morgan fingerprint density at radius 3 is 2.69 bits per heavy atom. The van der Waals surface area contributed by atoms with Gasteiger partial charge in [-0.2, -0.15) is 0 Å². The first-order valence-corrected chi connectivity index (χ1v) is 5.80. The number of nitrogens with two attached hydrogens (primary N) is 1. The molecule has 2 N–H and O–H groups in total. The fourth-order valence-electron chi connectivity index (χ4n) is 2.07. The molecule has 88 valence electrons. The third-order valence-corrected chi connectivity index (χ3v) is 3.06. The van der Waals surface area contributed by atoms with Gasteiger partial charge in [0.1, 0.15) is 0 Å². The van der Waals surface area contributed by atoms with Crippen molar-refractivity contribution in [3.63, 3.8) is 0 Å².